The molecule has 1 aromatic heterocycles. The van der Waals surface area contributed by atoms with E-state index in [-0.39, 0.29) is 11.5 Å². The van der Waals surface area contributed by atoms with E-state index in [1.807, 2.05) is 10.8 Å². The lowest BCUT2D eigenvalue weighted by atomic mass is 9.49. The van der Waals surface area contributed by atoms with Gasteiger partial charge in [-0.1, -0.05) is 12.1 Å². The van der Waals surface area contributed by atoms with Gasteiger partial charge in [0.2, 0.25) is 5.91 Å². The second-order valence-corrected chi connectivity index (χ2v) is 8.95. The van der Waals surface area contributed by atoms with Crippen molar-refractivity contribution in [2.24, 2.45) is 23.2 Å². The Kier molecular flexibility index (Phi) is 3.70. The van der Waals surface area contributed by atoms with Crippen molar-refractivity contribution in [3.8, 4) is 5.69 Å². The van der Waals surface area contributed by atoms with Crippen molar-refractivity contribution in [2.45, 2.75) is 51.5 Å². The Morgan fingerprint density at radius 3 is 2.27 bits per heavy atom. The molecule has 1 aromatic carbocycles. The van der Waals surface area contributed by atoms with Gasteiger partial charge in [0.05, 0.1) is 12.4 Å². The van der Waals surface area contributed by atoms with Gasteiger partial charge in [0.1, 0.15) is 0 Å². The van der Waals surface area contributed by atoms with Crippen LogP contribution in [-0.2, 0) is 4.79 Å². The van der Waals surface area contributed by atoms with Gasteiger partial charge in [-0.25, -0.2) is 4.98 Å². The monoisotopic (exact) mass is 349 g/mol. The van der Waals surface area contributed by atoms with E-state index in [1.54, 1.807) is 12.5 Å². The van der Waals surface area contributed by atoms with E-state index in [0.29, 0.717) is 5.91 Å². The molecule has 4 aliphatic rings. The van der Waals surface area contributed by atoms with E-state index in [1.165, 1.54) is 19.3 Å². The van der Waals surface area contributed by atoms with Gasteiger partial charge >= 0.3 is 0 Å². The number of imidazole rings is 1. The molecule has 0 spiro atoms. The predicted molar refractivity (Wildman–Crippen MR) is 101 cm³/mol. The van der Waals surface area contributed by atoms with Crippen LogP contribution < -0.4 is 5.32 Å². The summed E-state index contributed by atoms with van der Waals surface area (Å²) in [6, 6.07) is 8.45. The number of aromatic nitrogens is 2. The minimum absolute atomic E-state index is 0.0485. The quantitative estimate of drug-likeness (QED) is 0.896. The summed E-state index contributed by atoms with van der Waals surface area (Å²) in [6.07, 6.45) is 13.0. The molecule has 1 unspecified atom stereocenters. The number of carbonyl (C=O) groups excluding carboxylic acids is 1. The zero-order valence-corrected chi connectivity index (χ0v) is 15.4. The van der Waals surface area contributed by atoms with E-state index in [4.69, 9.17) is 0 Å². The number of nitrogens with zero attached hydrogens (tertiary/aromatic N) is 2. The zero-order chi connectivity index (χ0) is 17.7. The molecule has 0 aliphatic heterocycles. The van der Waals surface area contributed by atoms with E-state index in [2.05, 4.69) is 41.5 Å². The van der Waals surface area contributed by atoms with Crippen LogP contribution in [0.2, 0.25) is 0 Å². The van der Waals surface area contributed by atoms with Gasteiger partial charge in [0.25, 0.3) is 0 Å². The summed E-state index contributed by atoms with van der Waals surface area (Å²) in [5.74, 6) is 2.72. The Hall–Kier alpha value is -2.10. The third-order valence-electron chi connectivity index (χ3n) is 7.06. The maximum Gasteiger partial charge on any atom is 0.226 e. The summed E-state index contributed by atoms with van der Waals surface area (Å²) in [4.78, 5) is 17.3. The molecule has 4 heteroatoms. The second-order valence-electron chi connectivity index (χ2n) is 8.95. The van der Waals surface area contributed by atoms with Crippen molar-refractivity contribution in [1.82, 2.24) is 14.9 Å². The van der Waals surface area contributed by atoms with Crippen molar-refractivity contribution in [3.05, 3.63) is 48.5 Å². The normalized spacial score (nSPS) is 33.2. The number of amides is 1. The molecule has 136 valence electrons. The van der Waals surface area contributed by atoms with Crippen molar-refractivity contribution >= 4 is 5.91 Å². The van der Waals surface area contributed by atoms with Crippen LogP contribution in [-0.4, -0.2) is 15.5 Å². The summed E-state index contributed by atoms with van der Waals surface area (Å²) in [5.41, 5.74) is 2.18. The molecule has 1 N–H and O–H groups in total. The van der Waals surface area contributed by atoms with Crippen LogP contribution >= 0.6 is 0 Å². The molecule has 1 heterocycles. The van der Waals surface area contributed by atoms with Crippen LogP contribution in [0, 0.1) is 23.2 Å². The lowest BCUT2D eigenvalue weighted by Crippen LogP contribution is -2.53. The molecule has 4 saturated carbocycles. The van der Waals surface area contributed by atoms with Gasteiger partial charge in [0.15, 0.2) is 0 Å². The number of nitrogens with one attached hydrogen (secondary N) is 1. The fraction of sp³-hybridized carbons (Fsp3) is 0.545. The zero-order valence-electron chi connectivity index (χ0n) is 15.4. The molecule has 1 amide bonds. The highest BCUT2D eigenvalue weighted by Crippen LogP contribution is 2.60. The first-order valence-corrected chi connectivity index (χ1v) is 10.0. The second kappa shape index (κ2) is 5.97. The lowest BCUT2D eigenvalue weighted by Gasteiger charge is -2.55. The number of hydrogen-bond donors (Lipinski definition) is 1. The lowest BCUT2D eigenvalue weighted by molar-refractivity contribution is -0.147. The molecular formula is C22H27N3O. The van der Waals surface area contributed by atoms with Crippen molar-refractivity contribution in [1.29, 1.82) is 0 Å². The highest BCUT2D eigenvalue weighted by Gasteiger charge is 2.54. The van der Waals surface area contributed by atoms with Crippen LogP contribution in [0.15, 0.2) is 43.0 Å². The minimum atomic E-state index is -0.0697. The maximum atomic E-state index is 13.2. The molecular weight excluding hydrogens is 322 g/mol. The van der Waals surface area contributed by atoms with Gasteiger partial charge < -0.3 is 9.88 Å². The standard InChI is InChI=1S/C22H27N3O/c1-15(19-2-4-20(5-3-19)25-7-6-23-14-25)24-21(26)22-11-16-8-17(12-22)10-18(9-16)13-22/h2-7,14-18H,8-13H2,1H3,(H,24,26). The molecule has 4 nitrogen and oxygen atoms in total. The molecule has 4 fully saturated rings. The van der Waals surface area contributed by atoms with Crippen LogP contribution in [0.25, 0.3) is 5.69 Å². The molecule has 0 saturated heterocycles. The smallest absolute Gasteiger partial charge is 0.226 e. The SMILES string of the molecule is CC(NC(=O)C12CC3CC(CC(C3)C1)C2)c1ccc(-n2ccnc2)cc1. The molecule has 26 heavy (non-hydrogen) atoms. The number of benzene rings is 1. The summed E-state index contributed by atoms with van der Waals surface area (Å²) in [6.45, 7) is 2.10. The fourth-order valence-corrected chi connectivity index (χ4v) is 6.17. The number of carbonyl (C=O) groups is 1. The topological polar surface area (TPSA) is 46.9 Å². The van der Waals surface area contributed by atoms with E-state index >= 15 is 0 Å². The highest BCUT2D eigenvalue weighted by atomic mass is 16.2. The van der Waals surface area contributed by atoms with Crippen molar-refractivity contribution in [2.75, 3.05) is 0 Å². The van der Waals surface area contributed by atoms with Crippen LogP contribution in [0.3, 0.4) is 0 Å². The van der Waals surface area contributed by atoms with Crippen LogP contribution in [0.5, 0.6) is 0 Å². The first-order valence-electron chi connectivity index (χ1n) is 10.0. The molecule has 6 rings (SSSR count). The van der Waals surface area contributed by atoms with E-state index in [0.717, 1.165) is 48.3 Å². The number of rotatable bonds is 4. The molecule has 0 radical (unpaired) electrons. The Morgan fingerprint density at radius 2 is 1.73 bits per heavy atom. The Balaban J connectivity index is 1.29. The average Bonchev–Trinajstić information content (AvgIpc) is 3.15. The largest absolute Gasteiger partial charge is 0.349 e. The summed E-state index contributed by atoms with van der Waals surface area (Å²) in [5, 5.41) is 3.35. The van der Waals surface area contributed by atoms with E-state index in [9.17, 15) is 4.79 Å². The van der Waals surface area contributed by atoms with E-state index < -0.39 is 0 Å². The number of hydrogen-bond acceptors (Lipinski definition) is 2. The minimum Gasteiger partial charge on any atom is -0.349 e. The fourth-order valence-electron chi connectivity index (χ4n) is 6.17. The Bertz CT molecular complexity index is 758. The molecule has 2 aromatic rings. The molecule has 4 bridgehead atoms. The third-order valence-corrected chi connectivity index (χ3v) is 7.06. The summed E-state index contributed by atoms with van der Waals surface area (Å²) in [7, 11) is 0. The summed E-state index contributed by atoms with van der Waals surface area (Å²) < 4.78 is 1.99. The van der Waals surface area contributed by atoms with Crippen LogP contribution in [0.1, 0.15) is 57.1 Å². The Labute approximate surface area is 155 Å². The highest BCUT2D eigenvalue weighted by molar-refractivity contribution is 5.83. The average molecular weight is 349 g/mol. The van der Waals surface area contributed by atoms with Gasteiger partial charge in [0, 0.05) is 23.5 Å². The summed E-state index contributed by atoms with van der Waals surface area (Å²) >= 11 is 0. The van der Waals surface area contributed by atoms with Crippen molar-refractivity contribution < 1.29 is 4.79 Å². The van der Waals surface area contributed by atoms with Crippen molar-refractivity contribution in [3.63, 3.8) is 0 Å². The molecule has 1 atom stereocenters. The van der Waals surface area contributed by atoms with Gasteiger partial charge in [-0.3, -0.25) is 4.79 Å². The third kappa shape index (κ3) is 2.67. The predicted octanol–water partition coefficient (Wildman–Crippen LogP) is 4.27. The molecule has 4 aliphatic carbocycles. The first-order chi connectivity index (χ1) is 12.6. The Morgan fingerprint density at radius 1 is 1.12 bits per heavy atom. The van der Waals surface area contributed by atoms with Gasteiger partial charge in [-0.05, 0) is 80.9 Å². The van der Waals surface area contributed by atoms with Gasteiger partial charge in [-0.2, -0.15) is 0 Å². The van der Waals surface area contributed by atoms with Gasteiger partial charge in [-0.15, -0.1) is 0 Å². The first kappa shape index (κ1) is 16.1. The van der Waals surface area contributed by atoms with Crippen LogP contribution in [0.4, 0.5) is 0 Å². The maximum absolute atomic E-state index is 13.2.